The summed E-state index contributed by atoms with van der Waals surface area (Å²) in [5, 5.41) is 2.73. The Labute approximate surface area is 201 Å². The molecule has 4 amide bonds. The molecule has 1 aromatic carbocycles. The molecule has 2 heterocycles. The zero-order valence-corrected chi connectivity index (χ0v) is 19.9. The fourth-order valence-electron chi connectivity index (χ4n) is 5.40. The third-order valence-corrected chi connectivity index (χ3v) is 7.40. The Morgan fingerprint density at radius 2 is 1.53 bits per heavy atom. The Balaban J connectivity index is 1.23. The van der Waals surface area contributed by atoms with Gasteiger partial charge in [0.25, 0.3) is 0 Å². The Kier molecular flexibility index (Phi) is 8.19. The van der Waals surface area contributed by atoms with Crippen LogP contribution in [0.1, 0.15) is 56.9 Å². The van der Waals surface area contributed by atoms with Crippen LogP contribution in [0, 0.1) is 5.92 Å². The maximum atomic E-state index is 12.6. The molecule has 1 saturated carbocycles. The van der Waals surface area contributed by atoms with E-state index in [-0.39, 0.29) is 6.04 Å². The minimum absolute atomic E-state index is 0.00665. The van der Waals surface area contributed by atoms with E-state index in [0.29, 0.717) is 45.2 Å². The van der Waals surface area contributed by atoms with E-state index in [9.17, 15) is 19.2 Å². The fourth-order valence-corrected chi connectivity index (χ4v) is 5.40. The summed E-state index contributed by atoms with van der Waals surface area (Å²) in [6.07, 6.45) is 8.32. The smallest absolute Gasteiger partial charge is 0.312 e. The highest BCUT2D eigenvalue weighted by atomic mass is 16.2. The second kappa shape index (κ2) is 11.5. The molecule has 0 radical (unpaired) electrons. The van der Waals surface area contributed by atoms with Crippen LogP contribution in [-0.4, -0.2) is 77.1 Å². The molecule has 0 bridgehead atoms. The number of unbranched alkanes of at least 4 members (excludes halogenated alkanes) is 1. The van der Waals surface area contributed by atoms with Crippen LogP contribution in [0.15, 0.2) is 30.3 Å². The average Bonchev–Trinajstić information content (AvgIpc) is 2.86. The summed E-state index contributed by atoms with van der Waals surface area (Å²) in [6, 6.07) is 9.71. The van der Waals surface area contributed by atoms with Crippen molar-refractivity contribution in [3.63, 3.8) is 0 Å². The number of nitrogens with one attached hydrogen (secondary N) is 1. The van der Waals surface area contributed by atoms with Crippen molar-refractivity contribution in [1.29, 1.82) is 0 Å². The highest BCUT2D eigenvalue weighted by Gasteiger charge is 2.35. The topological polar surface area (TPSA) is 90.0 Å². The summed E-state index contributed by atoms with van der Waals surface area (Å²) in [4.78, 5) is 54.7. The van der Waals surface area contributed by atoms with Crippen LogP contribution in [0.5, 0.6) is 0 Å². The first-order valence-electron chi connectivity index (χ1n) is 12.7. The van der Waals surface area contributed by atoms with Gasteiger partial charge >= 0.3 is 23.6 Å². The molecule has 8 heteroatoms. The van der Waals surface area contributed by atoms with Gasteiger partial charge in [0.15, 0.2) is 0 Å². The van der Waals surface area contributed by atoms with Gasteiger partial charge in [0.05, 0.1) is 0 Å². The summed E-state index contributed by atoms with van der Waals surface area (Å²) in [5.74, 6) is -1.28. The van der Waals surface area contributed by atoms with Gasteiger partial charge in [0.1, 0.15) is 0 Å². The van der Waals surface area contributed by atoms with Crippen LogP contribution >= 0.6 is 0 Å². The van der Waals surface area contributed by atoms with Gasteiger partial charge < -0.3 is 20.0 Å². The number of hydrogen-bond donors (Lipinski definition) is 1. The number of piperazine rings is 2. The van der Waals surface area contributed by atoms with Crippen molar-refractivity contribution in [2.24, 2.45) is 5.92 Å². The van der Waals surface area contributed by atoms with E-state index in [1.165, 1.54) is 19.3 Å². The molecule has 1 atom stereocenters. The molecule has 3 fully saturated rings. The first kappa shape index (κ1) is 24.2. The van der Waals surface area contributed by atoms with Gasteiger partial charge in [-0.1, -0.05) is 49.6 Å². The number of nitrogens with zero attached hydrogens (tertiary/aromatic N) is 3. The molecule has 0 spiro atoms. The van der Waals surface area contributed by atoms with Crippen molar-refractivity contribution in [3.8, 4) is 0 Å². The molecular formula is C26H36N4O4. The second-order valence-corrected chi connectivity index (χ2v) is 9.83. The molecule has 3 aliphatic rings. The first-order valence-corrected chi connectivity index (χ1v) is 12.7. The van der Waals surface area contributed by atoms with Gasteiger partial charge in [-0.2, -0.15) is 0 Å². The van der Waals surface area contributed by atoms with Gasteiger partial charge in [0, 0.05) is 45.3 Å². The molecule has 184 valence electrons. The third kappa shape index (κ3) is 5.96. The molecule has 4 rings (SSSR count). The molecule has 2 aliphatic heterocycles. The van der Waals surface area contributed by atoms with Crippen molar-refractivity contribution in [3.05, 3.63) is 35.9 Å². The summed E-state index contributed by atoms with van der Waals surface area (Å²) in [6.45, 7) is 3.25. The highest BCUT2D eigenvalue weighted by molar-refractivity contribution is 6.36. The van der Waals surface area contributed by atoms with Crippen LogP contribution in [0.4, 0.5) is 0 Å². The minimum Gasteiger partial charge on any atom is -0.346 e. The summed E-state index contributed by atoms with van der Waals surface area (Å²) in [5.41, 5.74) is 1.02. The normalized spacial score (nSPS) is 22.4. The van der Waals surface area contributed by atoms with Crippen LogP contribution in [-0.2, 0) is 25.7 Å². The molecule has 1 aliphatic carbocycles. The van der Waals surface area contributed by atoms with Crippen molar-refractivity contribution in [2.75, 3.05) is 32.7 Å². The molecule has 0 unspecified atom stereocenters. The second-order valence-electron chi connectivity index (χ2n) is 9.83. The Bertz CT molecular complexity index is 884. The number of carbonyl (C=O) groups excluding carboxylic acids is 4. The van der Waals surface area contributed by atoms with Crippen LogP contribution < -0.4 is 5.32 Å². The lowest BCUT2D eigenvalue weighted by molar-refractivity contribution is -0.156. The number of rotatable bonds is 9. The van der Waals surface area contributed by atoms with E-state index in [4.69, 9.17) is 0 Å². The maximum Gasteiger partial charge on any atom is 0.312 e. The van der Waals surface area contributed by atoms with Crippen molar-refractivity contribution >= 4 is 23.6 Å². The van der Waals surface area contributed by atoms with Crippen LogP contribution in [0.25, 0.3) is 0 Å². The largest absolute Gasteiger partial charge is 0.346 e. The zero-order chi connectivity index (χ0) is 23.9. The van der Waals surface area contributed by atoms with Gasteiger partial charge in [-0.3, -0.25) is 19.2 Å². The zero-order valence-electron chi connectivity index (χ0n) is 19.9. The predicted octanol–water partition coefficient (Wildman–Crippen LogP) is 1.93. The third-order valence-electron chi connectivity index (χ3n) is 7.40. The Morgan fingerprint density at radius 1 is 0.824 bits per heavy atom. The van der Waals surface area contributed by atoms with E-state index in [1.807, 2.05) is 30.3 Å². The summed E-state index contributed by atoms with van der Waals surface area (Å²) >= 11 is 0. The molecule has 1 N–H and O–H groups in total. The standard InChI is InChI=1S/C26H36N4O4/c31-23-24(32)30(19-21-11-5-2-6-12-21)22(17-27-23)13-7-8-14-28-15-16-29(26(34)25(28)33)18-20-9-3-1-4-10-20/h1,3-4,9-10,21-22H,2,5-8,11-19H2,(H,27,31)/t22-/m1/s1. The lowest BCUT2D eigenvalue weighted by Gasteiger charge is -2.38. The number of amides is 4. The fraction of sp³-hybridized carbons (Fsp3) is 0.615. The Morgan fingerprint density at radius 3 is 2.29 bits per heavy atom. The Hall–Kier alpha value is -2.90. The molecule has 34 heavy (non-hydrogen) atoms. The van der Waals surface area contributed by atoms with E-state index in [1.54, 1.807) is 14.7 Å². The number of benzene rings is 1. The van der Waals surface area contributed by atoms with Crippen molar-refractivity contribution in [1.82, 2.24) is 20.0 Å². The number of carbonyl (C=O) groups is 4. The van der Waals surface area contributed by atoms with Crippen LogP contribution in [0.2, 0.25) is 0 Å². The predicted molar refractivity (Wildman–Crippen MR) is 127 cm³/mol. The van der Waals surface area contributed by atoms with E-state index in [2.05, 4.69) is 5.32 Å². The maximum absolute atomic E-state index is 12.6. The summed E-state index contributed by atoms with van der Waals surface area (Å²) in [7, 11) is 0. The lowest BCUT2D eigenvalue weighted by Crippen LogP contribution is -2.59. The highest BCUT2D eigenvalue weighted by Crippen LogP contribution is 2.26. The van der Waals surface area contributed by atoms with Gasteiger partial charge in [0.2, 0.25) is 0 Å². The molecule has 0 aromatic heterocycles. The van der Waals surface area contributed by atoms with Gasteiger partial charge in [-0.05, 0) is 43.6 Å². The van der Waals surface area contributed by atoms with Gasteiger partial charge in [-0.15, -0.1) is 0 Å². The van der Waals surface area contributed by atoms with Crippen LogP contribution in [0.3, 0.4) is 0 Å². The monoisotopic (exact) mass is 468 g/mol. The average molecular weight is 469 g/mol. The molecule has 8 nitrogen and oxygen atoms in total. The molecular weight excluding hydrogens is 432 g/mol. The minimum atomic E-state index is -0.496. The van der Waals surface area contributed by atoms with E-state index in [0.717, 1.165) is 37.7 Å². The van der Waals surface area contributed by atoms with Crippen molar-refractivity contribution < 1.29 is 19.2 Å². The molecule has 2 saturated heterocycles. The van der Waals surface area contributed by atoms with E-state index < -0.39 is 23.6 Å². The van der Waals surface area contributed by atoms with E-state index >= 15 is 0 Å². The lowest BCUT2D eigenvalue weighted by atomic mass is 9.88. The quantitative estimate of drug-likeness (QED) is 0.443. The number of hydrogen-bond acceptors (Lipinski definition) is 4. The SMILES string of the molecule is O=C1NC[C@@H](CCCCN2CCN(Cc3ccccc3)C(=O)C2=O)N(CC2CCCCC2)C1=O. The van der Waals surface area contributed by atoms with Gasteiger partial charge in [-0.25, -0.2) is 0 Å². The molecule has 1 aromatic rings. The van der Waals surface area contributed by atoms with Crippen molar-refractivity contribution in [2.45, 2.75) is 64.0 Å². The summed E-state index contributed by atoms with van der Waals surface area (Å²) < 4.78 is 0. The first-order chi connectivity index (χ1) is 16.5.